The fourth-order valence-corrected chi connectivity index (χ4v) is 2.33. The van der Waals surface area contributed by atoms with Crippen LogP contribution in [0, 0.1) is 10.1 Å². The SMILES string of the molecule is O=[N+]([O-])c1cncc(Br)c1N1CCNCC1. The Hall–Kier alpha value is -1.21. The summed E-state index contributed by atoms with van der Waals surface area (Å²) in [6.45, 7) is 3.21. The minimum atomic E-state index is -0.394. The van der Waals surface area contributed by atoms with E-state index in [1.807, 2.05) is 4.90 Å². The van der Waals surface area contributed by atoms with E-state index in [1.54, 1.807) is 6.20 Å². The van der Waals surface area contributed by atoms with E-state index in [2.05, 4.69) is 26.2 Å². The van der Waals surface area contributed by atoms with Gasteiger partial charge in [-0.25, -0.2) is 0 Å². The van der Waals surface area contributed by atoms with Gasteiger partial charge >= 0.3 is 5.69 Å². The molecule has 0 spiro atoms. The van der Waals surface area contributed by atoms with Gasteiger partial charge in [0.1, 0.15) is 11.9 Å². The van der Waals surface area contributed by atoms with Crippen molar-refractivity contribution in [1.29, 1.82) is 0 Å². The molecule has 1 fully saturated rings. The maximum absolute atomic E-state index is 10.9. The van der Waals surface area contributed by atoms with Crippen LogP contribution in [-0.4, -0.2) is 36.1 Å². The Morgan fingerprint density at radius 3 is 2.75 bits per heavy atom. The molecule has 1 aromatic rings. The smallest absolute Gasteiger partial charge is 0.311 e. The fraction of sp³-hybridized carbons (Fsp3) is 0.444. The molecule has 0 bridgehead atoms. The number of hydrogen-bond donors (Lipinski definition) is 1. The van der Waals surface area contributed by atoms with Crippen LogP contribution in [0.3, 0.4) is 0 Å². The Bertz CT molecular complexity index is 406. The van der Waals surface area contributed by atoms with Gasteiger partial charge in [-0.1, -0.05) is 0 Å². The van der Waals surface area contributed by atoms with Crippen LogP contribution in [-0.2, 0) is 0 Å². The summed E-state index contributed by atoms with van der Waals surface area (Å²) in [7, 11) is 0. The maximum atomic E-state index is 10.9. The lowest BCUT2D eigenvalue weighted by Gasteiger charge is -2.29. The number of rotatable bonds is 2. The summed E-state index contributed by atoms with van der Waals surface area (Å²) in [5.41, 5.74) is 0.678. The van der Waals surface area contributed by atoms with Gasteiger partial charge in [-0.3, -0.25) is 15.1 Å². The summed E-state index contributed by atoms with van der Waals surface area (Å²) >= 11 is 3.32. The van der Waals surface area contributed by atoms with Gasteiger partial charge in [0.25, 0.3) is 0 Å². The van der Waals surface area contributed by atoms with Crippen molar-refractivity contribution in [3.63, 3.8) is 0 Å². The fourth-order valence-electron chi connectivity index (χ4n) is 1.75. The van der Waals surface area contributed by atoms with Crippen molar-refractivity contribution in [2.24, 2.45) is 0 Å². The maximum Gasteiger partial charge on any atom is 0.311 e. The number of nitrogens with zero attached hydrogens (tertiary/aromatic N) is 3. The Labute approximate surface area is 101 Å². The predicted molar refractivity (Wildman–Crippen MR) is 63.7 cm³/mol. The average molecular weight is 287 g/mol. The molecule has 0 unspecified atom stereocenters. The van der Waals surface area contributed by atoms with Crippen molar-refractivity contribution in [3.8, 4) is 0 Å². The van der Waals surface area contributed by atoms with E-state index in [-0.39, 0.29) is 5.69 Å². The van der Waals surface area contributed by atoms with Crippen LogP contribution in [0.4, 0.5) is 11.4 Å². The molecule has 0 radical (unpaired) electrons. The Balaban J connectivity index is 2.40. The van der Waals surface area contributed by atoms with Gasteiger partial charge in [0.2, 0.25) is 0 Å². The monoisotopic (exact) mass is 286 g/mol. The highest BCUT2D eigenvalue weighted by Crippen LogP contribution is 2.34. The van der Waals surface area contributed by atoms with E-state index < -0.39 is 4.92 Å². The molecular formula is C9H11BrN4O2. The summed E-state index contributed by atoms with van der Waals surface area (Å²) in [5, 5.41) is 14.1. The van der Waals surface area contributed by atoms with Crippen molar-refractivity contribution < 1.29 is 4.92 Å². The summed E-state index contributed by atoms with van der Waals surface area (Å²) in [6, 6.07) is 0. The number of nitro groups is 1. The van der Waals surface area contributed by atoms with Gasteiger partial charge in [-0.05, 0) is 15.9 Å². The Kier molecular flexibility index (Phi) is 3.35. The number of nitrogens with one attached hydrogen (secondary N) is 1. The zero-order valence-electron chi connectivity index (χ0n) is 8.52. The molecule has 86 valence electrons. The van der Waals surface area contributed by atoms with Gasteiger partial charge in [-0.15, -0.1) is 0 Å². The van der Waals surface area contributed by atoms with Crippen LogP contribution >= 0.6 is 15.9 Å². The summed E-state index contributed by atoms with van der Waals surface area (Å²) in [4.78, 5) is 16.4. The lowest BCUT2D eigenvalue weighted by Crippen LogP contribution is -2.43. The van der Waals surface area contributed by atoms with Crippen LogP contribution in [0.15, 0.2) is 16.9 Å². The first-order valence-electron chi connectivity index (χ1n) is 4.93. The topological polar surface area (TPSA) is 71.3 Å². The lowest BCUT2D eigenvalue weighted by atomic mass is 10.2. The second-order valence-electron chi connectivity index (χ2n) is 3.48. The van der Waals surface area contributed by atoms with E-state index in [1.165, 1.54) is 6.20 Å². The largest absolute Gasteiger partial charge is 0.362 e. The third-order valence-corrected chi connectivity index (χ3v) is 3.06. The Morgan fingerprint density at radius 1 is 1.44 bits per heavy atom. The van der Waals surface area contributed by atoms with Gasteiger partial charge in [0, 0.05) is 32.4 Å². The number of hydrogen-bond acceptors (Lipinski definition) is 5. The number of halogens is 1. The molecule has 0 amide bonds. The first-order valence-corrected chi connectivity index (χ1v) is 5.73. The van der Waals surface area contributed by atoms with Crippen LogP contribution in [0.1, 0.15) is 0 Å². The minimum Gasteiger partial charge on any atom is -0.362 e. The lowest BCUT2D eigenvalue weighted by molar-refractivity contribution is -0.384. The van der Waals surface area contributed by atoms with Crippen molar-refractivity contribution in [2.75, 3.05) is 31.1 Å². The van der Waals surface area contributed by atoms with Crippen molar-refractivity contribution >= 4 is 27.3 Å². The molecule has 0 aliphatic carbocycles. The molecule has 0 saturated carbocycles. The molecular weight excluding hydrogens is 276 g/mol. The van der Waals surface area contributed by atoms with E-state index in [4.69, 9.17) is 0 Å². The molecule has 1 saturated heterocycles. The zero-order chi connectivity index (χ0) is 11.5. The summed E-state index contributed by atoms with van der Waals surface area (Å²) in [6.07, 6.45) is 2.88. The van der Waals surface area contributed by atoms with Gasteiger partial charge < -0.3 is 10.2 Å². The van der Waals surface area contributed by atoms with E-state index in [0.29, 0.717) is 10.2 Å². The van der Waals surface area contributed by atoms with E-state index in [9.17, 15) is 10.1 Å². The number of aromatic nitrogens is 1. The molecule has 2 rings (SSSR count). The molecule has 1 aliphatic rings. The van der Waals surface area contributed by atoms with Crippen LogP contribution in [0.5, 0.6) is 0 Å². The highest BCUT2D eigenvalue weighted by Gasteiger charge is 2.23. The predicted octanol–water partition coefficient (Wildman–Crippen LogP) is 1.16. The van der Waals surface area contributed by atoms with Crippen molar-refractivity contribution in [3.05, 3.63) is 27.0 Å². The van der Waals surface area contributed by atoms with Crippen LogP contribution < -0.4 is 10.2 Å². The zero-order valence-corrected chi connectivity index (χ0v) is 10.1. The van der Waals surface area contributed by atoms with Crippen molar-refractivity contribution in [2.45, 2.75) is 0 Å². The molecule has 1 aliphatic heterocycles. The Morgan fingerprint density at radius 2 is 2.12 bits per heavy atom. The minimum absolute atomic E-state index is 0.0521. The standard InChI is InChI=1S/C9H11BrN4O2/c10-7-5-12-6-8(14(15)16)9(7)13-3-1-11-2-4-13/h5-6,11H,1-4H2. The van der Waals surface area contributed by atoms with E-state index in [0.717, 1.165) is 26.2 Å². The third kappa shape index (κ3) is 2.14. The summed E-state index contributed by atoms with van der Waals surface area (Å²) < 4.78 is 0.670. The molecule has 0 aromatic carbocycles. The highest BCUT2D eigenvalue weighted by molar-refractivity contribution is 9.10. The number of anilines is 1. The molecule has 2 heterocycles. The average Bonchev–Trinajstić information content (AvgIpc) is 2.29. The van der Waals surface area contributed by atoms with Gasteiger partial charge in [0.15, 0.2) is 0 Å². The molecule has 1 N–H and O–H groups in total. The number of piperazine rings is 1. The normalized spacial score (nSPS) is 16.2. The molecule has 0 atom stereocenters. The number of pyridine rings is 1. The second kappa shape index (κ2) is 4.75. The third-order valence-electron chi connectivity index (χ3n) is 2.48. The van der Waals surface area contributed by atoms with Crippen molar-refractivity contribution in [1.82, 2.24) is 10.3 Å². The highest BCUT2D eigenvalue weighted by atomic mass is 79.9. The van der Waals surface area contributed by atoms with E-state index >= 15 is 0 Å². The van der Waals surface area contributed by atoms with Gasteiger partial charge in [0.05, 0.1) is 9.40 Å². The molecule has 1 aromatic heterocycles. The molecule has 6 nitrogen and oxygen atoms in total. The van der Waals surface area contributed by atoms with Crippen LogP contribution in [0.25, 0.3) is 0 Å². The molecule has 16 heavy (non-hydrogen) atoms. The van der Waals surface area contributed by atoms with Gasteiger partial charge in [-0.2, -0.15) is 0 Å². The van der Waals surface area contributed by atoms with Crippen LogP contribution in [0.2, 0.25) is 0 Å². The summed E-state index contributed by atoms with van der Waals surface area (Å²) in [5.74, 6) is 0. The quantitative estimate of drug-likeness (QED) is 0.653. The first kappa shape index (κ1) is 11.3. The molecule has 7 heteroatoms. The first-order chi connectivity index (χ1) is 7.70. The second-order valence-corrected chi connectivity index (χ2v) is 4.34.